The smallest absolute Gasteiger partial charge is 0.103 e. The lowest BCUT2D eigenvalue weighted by Crippen LogP contribution is -2.31. The zero-order valence-corrected chi connectivity index (χ0v) is 12.4. The van der Waals surface area contributed by atoms with Crippen molar-refractivity contribution in [1.82, 2.24) is 10.3 Å². The van der Waals surface area contributed by atoms with Gasteiger partial charge in [0.2, 0.25) is 0 Å². The van der Waals surface area contributed by atoms with Crippen LogP contribution in [0.4, 0.5) is 0 Å². The summed E-state index contributed by atoms with van der Waals surface area (Å²) < 4.78 is 5.40. The molecule has 0 fully saturated rings. The van der Waals surface area contributed by atoms with Gasteiger partial charge in [-0.3, -0.25) is 4.98 Å². The lowest BCUT2D eigenvalue weighted by atomic mass is 10.0. The molecule has 0 spiro atoms. The van der Waals surface area contributed by atoms with Gasteiger partial charge in [0.15, 0.2) is 0 Å². The number of aryl methyl sites for hydroxylation is 2. The van der Waals surface area contributed by atoms with E-state index in [9.17, 15) is 0 Å². The van der Waals surface area contributed by atoms with Crippen molar-refractivity contribution in [2.75, 3.05) is 6.54 Å². The third kappa shape index (κ3) is 4.49. The molecule has 0 bridgehead atoms. The number of likely N-dealkylation sites (N-methyl/N-ethyl adjacent to an activating group) is 1. The van der Waals surface area contributed by atoms with Crippen LogP contribution in [0.3, 0.4) is 0 Å². The molecule has 1 unspecified atom stereocenters. The molecule has 0 aliphatic heterocycles. The molecule has 3 nitrogen and oxygen atoms in total. The monoisotopic (exact) mass is 272 g/mol. The number of rotatable bonds is 8. The van der Waals surface area contributed by atoms with Crippen molar-refractivity contribution in [2.24, 2.45) is 0 Å². The van der Waals surface area contributed by atoms with Crippen LogP contribution in [0.25, 0.3) is 0 Å². The zero-order valence-electron chi connectivity index (χ0n) is 12.4. The Morgan fingerprint density at radius 2 is 2.15 bits per heavy atom. The van der Waals surface area contributed by atoms with E-state index in [-0.39, 0.29) is 0 Å². The topological polar surface area (TPSA) is 38.1 Å². The van der Waals surface area contributed by atoms with Crippen LogP contribution in [0.1, 0.15) is 37.3 Å². The van der Waals surface area contributed by atoms with E-state index >= 15 is 0 Å². The highest BCUT2D eigenvalue weighted by Crippen LogP contribution is 2.10. The Morgan fingerprint density at radius 1 is 1.25 bits per heavy atom. The van der Waals surface area contributed by atoms with Crippen LogP contribution < -0.4 is 5.32 Å². The second-order valence-electron chi connectivity index (χ2n) is 5.09. The average Bonchev–Trinajstić information content (AvgIpc) is 2.99. The highest BCUT2D eigenvalue weighted by Gasteiger charge is 2.10. The van der Waals surface area contributed by atoms with Crippen molar-refractivity contribution in [3.63, 3.8) is 0 Å². The Labute approximate surface area is 121 Å². The first kappa shape index (κ1) is 14.8. The summed E-state index contributed by atoms with van der Waals surface area (Å²) in [6.07, 6.45) is 7.78. The van der Waals surface area contributed by atoms with Crippen molar-refractivity contribution in [1.29, 1.82) is 0 Å². The summed E-state index contributed by atoms with van der Waals surface area (Å²) in [7, 11) is 0. The van der Waals surface area contributed by atoms with E-state index in [2.05, 4.69) is 36.3 Å². The van der Waals surface area contributed by atoms with Crippen LogP contribution in [0.5, 0.6) is 0 Å². The SMILES string of the molecule is CCNC(CCc1ccco1)Cc1ccc(CC)cn1. The molecule has 3 heteroatoms. The number of hydrogen-bond donors (Lipinski definition) is 1. The van der Waals surface area contributed by atoms with Crippen LogP contribution in [0.2, 0.25) is 0 Å². The molecule has 20 heavy (non-hydrogen) atoms. The van der Waals surface area contributed by atoms with E-state index < -0.39 is 0 Å². The molecule has 2 rings (SSSR count). The van der Waals surface area contributed by atoms with Crippen molar-refractivity contribution >= 4 is 0 Å². The minimum Gasteiger partial charge on any atom is -0.469 e. The van der Waals surface area contributed by atoms with Gasteiger partial charge in [-0.05, 0) is 43.1 Å². The van der Waals surface area contributed by atoms with Gasteiger partial charge in [-0.1, -0.05) is 19.9 Å². The molecule has 2 heterocycles. The fourth-order valence-electron chi connectivity index (χ4n) is 2.37. The summed E-state index contributed by atoms with van der Waals surface area (Å²) in [5.41, 5.74) is 2.46. The molecule has 1 N–H and O–H groups in total. The minimum atomic E-state index is 0.449. The van der Waals surface area contributed by atoms with Gasteiger partial charge in [0, 0.05) is 30.8 Å². The first-order valence-electron chi connectivity index (χ1n) is 7.51. The largest absolute Gasteiger partial charge is 0.469 e. The third-order valence-corrected chi connectivity index (χ3v) is 3.56. The molecule has 0 amide bonds. The summed E-state index contributed by atoms with van der Waals surface area (Å²) in [6.45, 7) is 5.28. The predicted octanol–water partition coefficient (Wildman–Crippen LogP) is 3.39. The molecule has 2 aromatic heterocycles. The average molecular weight is 272 g/mol. The van der Waals surface area contributed by atoms with E-state index in [4.69, 9.17) is 4.42 Å². The van der Waals surface area contributed by atoms with Crippen molar-refractivity contribution in [2.45, 2.75) is 45.6 Å². The van der Waals surface area contributed by atoms with E-state index in [1.54, 1.807) is 6.26 Å². The van der Waals surface area contributed by atoms with Crippen molar-refractivity contribution in [3.8, 4) is 0 Å². The standard InChI is InChI=1S/C17H24N2O/c1-3-14-7-8-16(19-13-14)12-15(18-4-2)9-10-17-6-5-11-20-17/h5-8,11,13,15,18H,3-4,9-10,12H2,1-2H3. The fourth-order valence-corrected chi connectivity index (χ4v) is 2.37. The molecule has 0 aliphatic rings. The number of nitrogens with zero attached hydrogens (tertiary/aromatic N) is 1. The fraction of sp³-hybridized carbons (Fsp3) is 0.471. The molecule has 0 saturated heterocycles. The van der Waals surface area contributed by atoms with E-state index in [1.807, 2.05) is 18.3 Å². The van der Waals surface area contributed by atoms with Gasteiger partial charge in [-0.25, -0.2) is 0 Å². The van der Waals surface area contributed by atoms with Crippen LogP contribution in [0.15, 0.2) is 41.1 Å². The number of nitrogens with one attached hydrogen (secondary N) is 1. The van der Waals surface area contributed by atoms with Gasteiger partial charge < -0.3 is 9.73 Å². The Kier molecular flexibility index (Phi) is 5.81. The Hall–Kier alpha value is -1.61. The predicted molar refractivity (Wildman–Crippen MR) is 81.8 cm³/mol. The van der Waals surface area contributed by atoms with E-state index in [1.165, 1.54) is 5.56 Å². The quantitative estimate of drug-likeness (QED) is 0.800. The molecule has 1 atom stereocenters. The maximum absolute atomic E-state index is 5.40. The maximum atomic E-state index is 5.40. The first-order valence-corrected chi connectivity index (χ1v) is 7.51. The molecular weight excluding hydrogens is 248 g/mol. The summed E-state index contributed by atoms with van der Waals surface area (Å²) >= 11 is 0. The number of furan rings is 1. The molecule has 2 aromatic rings. The summed E-state index contributed by atoms with van der Waals surface area (Å²) in [4.78, 5) is 4.55. The van der Waals surface area contributed by atoms with Gasteiger partial charge in [-0.15, -0.1) is 0 Å². The van der Waals surface area contributed by atoms with Gasteiger partial charge in [0.05, 0.1) is 6.26 Å². The second kappa shape index (κ2) is 7.85. The van der Waals surface area contributed by atoms with Crippen molar-refractivity contribution < 1.29 is 4.42 Å². The summed E-state index contributed by atoms with van der Waals surface area (Å²) in [5, 5.41) is 3.54. The number of pyridine rings is 1. The number of hydrogen-bond acceptors (Lipinski definition) is 3. The lowest BCUT2D eigenvalue weighted by Gasteiger charge is -2.17. The highest BCUT2D eigenvalue weighted by atomic mass is 16.3. The van der Waals surface area contributed by atoms with Crippen LogP contribution in [-0.4, -0.2) is 17.6 Å². The van der Waals surface area contributed by atoms with Gasteiger partial charge in [0.25, 0.3) is 0 Å². The van der Waals surface area contributed by atoms with Crippen LogP contribution in [-0.2, 0) is 19.3 Å². The van der Waals surface area contributed by atoms with Crippen LogP contribution in [0, 0.1) is 0 Å². The summed E-state index contributed by atoms with van der Waals surface area (Å²) in [5.74, 6) is 1.06. The third-order valence-electron chi connectivity index (χ3n) is 3.56. The Balaban J connectivity index is 1.90. The molecule has 0 aromatic carbocycles. The maximum Gasteiger partial charge on any atom is 0.103 e. The van der Waals surface area contributed by atoms with Crippen molar-refractivity contribution in [3.05, 3.63) is 53.7 Å². The second-order valence-corrected chi connectivity index (χ2v) is 5.09. The van der Waals surface area contributed by atoms with E-state index in [0.29, 0.717) is 6.04 Å². The summed E-state index contributed by atoms with van der Waals surface area (Å²) in [6, 6.07) is 8.76. The first-order chi connectivity index (χ1) is 9.81. The molecular formula is C17H24N2O. The minimum absolute atomic E-state index is 0.449. The van der Waals surface area contributed by atoms with E-state index in [0.717, 1.165) is 43.7 Å². The van der Waals surface area contributed by atoms with Crippen LogP contribution >= 0.6 is 0 Å². The Morgan fingerprint density at radius 3 is 2.75 bits per heavy atom. The lowest BCUT2D eigenvalue weighted by molar-refractivity contribution is 0.445. The molecule has 0 radical (unpaired) electrons. The molecule has 0 aliphatic carbocycles. The molecule has 0 saturated carbocycles. The normalized spacial score (nSPS) is 12.5. The highest BCUT2D eigenvalue weighted by molar-refractivity contribution is 5.14. The molecule has 108 valence electrons. The Bertz CT molecular complexity index is 476. The zero-order chi connectivity index (χ0) is 14.2. The van der Waals surface area contributed by atoms with Gasteiger partial charge in [-0.2, -0.15) is 0 Å². The van der Waals surface area contributed by atoms with Gasteiger partial charge in [0.1, 0.15) is 5.76 Å². The van der Waals surface area contributed by atoms with Gasteiger partial charge >= 0.3 is 0 Å². The number of aromatic nitrogens is 1.